The highest BCUT2D eigenvalue weighted by atomic mass is 79.9. The normalized spacial score (nSPS) is 10.6. The number of aryl methyl sites for hydroxylation is 1. The molecule has 0 aliphatic rings. The van der Waals surface area contributed by atoms with Gasteiger partial charge in [0.25, 0.3) is 0 Å². The molecule has 0 bridgehead atoms. The molecule has 0 unspecified atom stereocenters. The first kappa shape index (κ1) is 13.0. The fourth-order valence-corrected chi connectivity index (χ4v) is 2.28. The second-order valence-corrected chi connectivity index (χ2v) is 5.24. The first-order chi connectivity index (χ1) is 8.58. The van der Waals surface area contributed by atoms with E-state index in [9.17, 15) is 0 Å². The van der Waals surface area contributed by atoms with Crippen molar-refractivity contribution >= 4 is 27.3 Å². The molecular weight excluding hydrogens is 292 g/mol. The van der Waals surface area contributed by atoms with Gasteiger partial charge in [0.15, 0.2) is 0 Å². The van der Waals surface area contributed by atoms with E-state index in [2.05, 4.69) is 25.8 Å². The van der Waals surface area contributed by atoms with Crippen molar-refractivity contribution in [2.45, 2.75) is 6.42 Å². The number of anilines is 2. The Hall–Kier alpha value is -1.49. The van der Waals surface area contributed by atoms with Gasteiger partial charge in [-0.15, -0.1) is 0 Å². The van der Waals surface area contributed by atoms with E-state index in [1.165, 1.54) is 0 Å². The third kappa shape index (κ3) is 2.85. The maximum Gasteiger partial charge on any atom is 0.110 e. The van der Waals surface area contributed by atoms with E-state index in [1.807, 2.05) is 49.3 Å². The molecule has 96 valence electrons. The fraction of sp³-hybridized carbons (Fsp3) is 0.308. The van der Waals surface area contributed by atoms with Crippen LogP contribution in [0, 0.1) is 0 Å². The maximum absolute atomic E-state index is 6.01. The number of aromatic nitrogens is 2. The fourth-order valence-electron chi connectivity index (χ4n) is 1.90. The van der Waals surface area contributed by atoms with E-state index >= 15 is 0 Å². The van der Waals surface area contributed by atoms with Gasteiger partial charge in [-0.05, 0) is 18.2 Å². The van der Waals surface area contributed by atoms with E-state index in [0.717, 1.165) is 34.6 Å². The number of benzene rings is 1. The molecule has 5 heteroatoms. The largest absolute Gasteiger partial charge is 0.397 e. The quantitative estimate of drug-likeness (QED) is 0.883. The van der Waals surface area contributed by atoms with E-state index in [-0.39, 0.29) is 0 Å². The van der Waals surface area contributed by atoms with Gasteiger partial charge in [-0.3, -0.25) is 0 Å². The standard InChI is InChI=1S/C13H17BrN4/c1-17(7-5-13-16-6-8-18(13)2)12-4-3-10(14)9-11(12)15/h3-4,6,8-9H,5,7,15H2,1-2H3. The van der Waals surface area contributed by atoms with Crippen molar-refractivity contribution < 1.29 is 0 Å². The zero-order valence-corrected chi connectivity index (χ0v) is 12.2. The monoisotopic (exact) mass is 308 g/mol. The lowest BCUT2D eigenvalue weighted by atomic mass is 10.2. The summed E-state index contributed by atoms with van der Waals surface area (Å²) in [5.74, 6) is 1.08. The second-order valence-electron chi connectivity index (χ2n) is 4.33. The zero-order valence-electron chi connectivity index (χ0n) is 10.6. The van der Waals surface area contributed by atoms with Gasteiger partial charge in [-0.2, -0.15) is 0 Å². The van der Waals surface area contributed by atoms with Crippen molar-refractivity contribution in [2.75, 3.05) is 24.2 Å². The molecule has 0 saturated heterocycles. The molecule has 0 fully saturated rings. The number of halogens is 1. The molecule has 18 heavy (non-hydrogen) atoms. The SMILES string of the molecule is CN(CCc1nccn1C)c1ccc(Br)cc1N. The summed E-state index contributed by atoms with van der Waals surface area (Å²) in [6.45, 7) is 0.886. The summed E-state index contributed by atoms with van der Waals surface area (Å²) < 4.78 is 3.04. The zero-order chi connectivity index (χ0) is 13.1. The van der Waals surface area contributed by atoms with Crippen molar-refractivity contribution in [3.8, 4) is 0 Å². The molecule has 2 aromatic rings. The van der Waals surface area contributed by atoms with E-state index in [4.69, 9.17) is 5.73 Å². The minimum Gasteiger partial charge on any atom is -0.397 e. The van der Waals surface area contributed by atoms with Gasteiger partial charge in [0.1, 0.15) is 5.82 Å². The van der Waals surface area contributed by atoms with Gasteiger partial charge in [0.2, 0.25) is 0 Å². The first-order valence-corrected chi connectivity index (χ1v) is 6.59. The highest BCUT2D eigenvalue weighted by Crippen LogP contribution is 2.25. The molecule has 0 spiro atoms. The minimum absolute atomic E-state index is 0.784. The Labute approximate surface area is 116 Å². The van der Waals surface area contributed by atoms with Crippen LogP contribution in [-0.4, -0.2) is 23.1 Å². The highest BCUT2D eigenvalue weighted by molar-refractivity contribution is 9.10. The molecule has 2 rings (SSSR count). The Bertz CT molecular complexity index is 536. The highest BCUT2D eigenvalue weighted by Gasteiger charge is 2.07. The maximum atomic E-state index is 6.01. The number of rotatable bonds is 4. The molecule has 2 N–H and O–H groups in total. The summed E-state index contributed by atoms with van der Waals surface area (Å²) in [7, 11) is 4.05. The Kier molecular flexibility index (Phi) is 3.91. The lowest BCUT2D eigenvalue weighted by Crippen LogP contribution is -2.22. The number of nitrogens with two attached hydrogens (primary N) is 1. The van der Waals surface area contributed by atoms with Crippen molar-refractivity contribution in [1.82, 2.24) is 9.55 Å². The third-order valence-electron chi connectivity index (χ3n) is 2.99. The number of imidazole rings is 1. The number of likely N-dealkylation sites (N-methyl/N-ethyl adjacent to an activating group) is 1. The Morgan fingerprint density at radius 3 is 2.83 bits per heavy atom. The van der Waals surface area contributed by atoms with Crippen molar-refractivity contribution in [2.24, 2.45) is 7.05 Å². The molecule has 0 saturated carbocycles. The lowest BCUT2D eigenvalue weighted by Gasteiger charge is -2.21. The van der Waals surface area contributed by atoms with E-state index in [0.29, 0.717) is 0 Å². The first-order valence-electron chi connectivity index (χ1n) is 5.80. The van der Waals surface area contributed by atoms with Gasteiger partial charge >= 0.3 is 0 Å². The van der Waals surface area contributed by atoms with Gasteiger partial charge in [0.05, 0.1) is 11.4 Å². The molecular formula is C13H17BrN4. The summed E-state index contributed by atoms with van der Waals surface area (Å²) in [6, 6.07) is 5.95. The molecule has 1 heterocycles. The van der Waals surface area contributed by atoms with Crippen LogP contribution in [0.2, 0.25) is 0 Å². The molecule has 1 aromatic heterocycles. The van der Waals surface area contributed by atoms with Gasteiger partial charge in [-0.1, -0.05) is 15.9 Å². The summed E-state index contributed by atoms with van der Waals surface area (Å²) >= 11 is 3.41. The number of nitrogen functional groups attached to an aromatic ring is 1. The molecule has 0 aliphatic carbocycles. The van der Waals surface area contributed by atoms with Crippen molar-refractivity contribution in [3.05, 3.63) is 40.9 Å². The summed E-state index contributed by atoms with van der Waals surface area (Å²) in [5.41, 5.74) is 7.84. The number of hydrogen-bond donors (Lipinski definition) is 1. The average Bonchev–Trinajstić information content (AvgIpc) is 2.72. The molecule has 0 atom stereocenters. The summed E-state index contributed by atoms with van der Waals surface area (Å²) in [6.07, 6.45) is 4.68. The van der Waals surface area contributed by atoms with Crippen LogP contribution in [0.15, 0.2) is 35.1 Å². The Morgan fingerprint density at radius 2 is 2.22 bits per heavy atom. The second kappa shape index (κ2) is 5.44. The van der Waals surface area contributed by atoms with Crippen LogP contribution in [0.3, 0.4) is 0 Å². The van der Waals surface area contributed by atoms with Crippen LogP contribution in [0.25, 0.3) is 0 Å². The molecule has 0 amide bonds. The molecule has 0 aliphatic heterocycles. The van der Waals surface area contributed by atoms with Crippen LogP contribution in [0.5, 0.6) is 0 Å². The predicted molar refractivity (Wildman–Crippen MR) is 78.7 cm³/mol. The topological polar surface area (TPSA) is 47.1 Å². The minimum atomic E-state index is 0.784. The lowest BCUT2D eigenvalue weighted by molar-refractivity contribution is 0.757. The van der Waals surface area contributed by atoms with Crippen molar-refractivity contribution in [1.29, 1.82) is 0 Å². The van der Waals surface area contributed by atoms with Crippen LogP contribution in [-0.2, 0) is 13.5 Å². The average molecular weight is 309 g/mol. The van der Waals surface area contributed by atoms with E-state index in [1.54, 1.807) is 0 Å². The third-order valence-corrected chi connectivity index (χ3v) is 3.49. The van der Waals surface area contributed by atoms with Gasteiger partial charge in [0, 0.05) is 43.9 Å². The molecule has 4 nitrogen and oxygen atoms in total. The smallest absolute Gasteiger partial charge is 0.110 e. The van der Waals surface area contributed by atoms with E-state index < -0.39 is 0 Å². The Morgan fingerprint density at radius 1 is 1.44 bits per heavy atom. The summed E-state index contributed by atoms with van der Waals surface area (Å²) in [4.78, 5) is 6.46. The molecule has 1 aromatic carbocycles. The van der Waals surface area contributed by atoms with Crippen LogP contribution in [0.1, 0.15) is 5.82 Å². The van der Waals surface area contributed by atoms with Gasteiger partial charge < -0.3 is 15.2 Å². The molecule has 0 radical (unpaired) electrons. The Balaban J connectivity index is 2.03. The predicted octanol–water partition coefficient (Wildman–Crippen LogP) is 2.44. The number of hydrogen-bond acceptors (Lipinski definition) is 3. The van der Waals surface area contributed by atoms with Crippen molar-refractivity contribution in [3.63, 3.8) is 0 Å². The van der Waals surface area contributed by atoms with Crippen LogP contribution in [0.4, 0.5) is 11.4 Å². The summed E-state index contributed by atoms with van der Waals surface area (Å²) in [5, 5.41) is 0. The van der Waals surface area contributed by atoms with Crippen LogP contribution < -0.4 is 10.6 Å². The van der Waals surface area contributed by atoms with Crippen LogP contribution >= 0.6 is 15.9 Å². The number of nitrogens with zero attached hydrogens (tertiary/aromatic N) is 3. The van der Waals surface area contributed by atoms with Gasteiger partial charge in [-0.25, -0.2) is 4.98 Å².